The van der Waals surface area contributed by atoms with Gasteiger partial charge in [-0.3, -0.25) is 9.80 Å². The second kappa shape index (κ2) is 19.0. The van der Waals surface area contributed by atoms with Crippen molar-refractivity contribution in [1.82, 2.24) is 18.8 Å². The number of piperazine rings is 1. The van der Waals surface area contributed by atoms with Gasteiger partial charge >= 0.3 is 5.51 Å². The summed E-state index contributed by atoms with van der Waals surface area (Å²) in [5.41, 5.74) is -1.49. The van der Waals surface area contributed by atoms with E-state index in [-0.39, 0.29) is 23.0 Å². The molecule has 1 N–H and O–H groups in total. The first-order chi connectivity index (χ1) is 31.9. The van der Waals surface area contributed by atoms with Crippen molar-refractivity contribution in [1.29, 1.82) is 0 Å². The second-order valence-electron chi connectivity index (χ2n) is 18.3. The van der Waals surface area contributed by atoms with Crippen LogP contribution in [0.15, 0.2) is 107 Å². The Morgan fingerprint density at radius 2 is 1.60 bits per heavy atom. The second-order valence-corrected chi connectivity index (χ2v) is 22.4. The van der Waals surface area contributed by atoms with Gasteiger partial charge in [-0.25, -0.2) is 25.8 Å². The molecular weight excluding hydrogens is 929 g/mol. The Morgan fingerprint density at radius 3 is 2.31 bits per heavy atom. The highest BCUT2D eigenvalue weighted by molar-refractivity contribution is 7.92. The van der Waals surface area contributed by atoms with Crippen molar-refractivity contribution in [2.75, 3.05) is 75.9 Å². The third kappa shape index (κ3) is 10.4. The number of nitrogens with one attached hydrogen (secondary N) is 1. The lowest BCUT2D eigenvalue weighted by molar-refractivity contribution is -0.0436. The highest BCUT2D eigenvalue weighted by atomic mass is 35.5. The van der Waals surface area contributed by atoms with Crippen molar-refractivity contribution in [2.24, 2.45) is 0 Å². The summed E-state index contributed by atoms with van der Waals surface area (Å²) in [7, 11) is -10.6. The van der Waals surface area contributed by atoms with Crippen molar-refractivity contribution >= 4 is 59.4 Å². The maximum absolute atomic E-state index is 14.1. The lowest BCUT2D eigenvalue weighted by Crippen LogP contribution is -2.47. The molecule has 0 atom stereocenters. The standard InChI is InChI=1S/C48H54ClF3N6O7S2/c1-47(2)29-43(33-6-8-36(49)9-7-33)35(32-64-47)31-55-18-20-56(21-19-55)39-4-3-5-40(27-39)65-41-26-34-16-17-58(46(34)53-30-41)67(61,62)42-14-15-44(45(28-42)66(59,60)48(50,51)52)54-37-10-12-38(13-11-37)57-22-24-63-25-23-57/h3-9,14-17,26-28,30,37-38,54H,10-13,18-25,29,31-32H2,1-2H3. The van der Waals surface area contributed by atoms with Crippen molar-refractivity contribution in [3.8, 4) is 11.5 Å². The molecule has 0 unspecified atom stereocenters. The summed E-state index contributed by atoms with van der Waals surface area (Å²) < 4.78 is 115. The fourth-order valence-electron chi connectivity index (χ4n) is 9.60. The molecule has 3 aromatic carbocycles. The van der Waals surface area contributed by atoms with Gasteiger partial charge in [0.15, 0.2) is 5.65 Å². The number of benzene rings is 3. The zero-order chi connectivity index (χ0) is 47.1. The van der Waals surface area contributed by atoms with Crippen LogP contribution in [0.3, 0.4) is 0 Å². The molecule has 0 radical (unpaired) electrons. The van der Waals surface area contributed by atoms with Crippen molar-refractivity contribution in [3.63, 3.8) is 0 Å². The van der Waals surface area contributed by atoms with Crippen LogP contribution in [0.2, 0.25) is 5.02 Å². The monoisotopic (exact) mass is 982 g/mol. The molecule has 358 valence electrons. The highest BCUT2D eigenvalue weighted by Crippen LogP contribution is 2.39. The van der Waals surface area contributed by atoms with Crippen LogP contribution < -0.4 is 15.0 Å². The molecule has 1 aliphatic carbocycles. The van der Waals surface area contributed by atoms with E-state index in [4.69, 9.17) is 25.8 Å². The number of alkyl halides is 3. The van der Waals surface area contributed by atoms with Crippen LogP contribution in [0, 0.1) is 0 Å². The molecule has 9 rings (SSSR count). The average molecular weight is 984 g/mol. The van der Waals surface area contributed by atoms with E-state index < -0.39 is 35.2 Å². The zero-order valence-electron chi connectivity index (χ0n) is 37.3. The molecular formula is C48H54ClF3N6O7S2. The summed E-state index contributed by atoms with van der Waals surface area (Å²) in [4.78, 5) is 9.69. The predicted molar refractivity (Wildman–Crippen MR) is 252 cm³/mol. The van der Waals surface area contributed by atoms with Gasteiger partial charge in [-0.05, 0) is 111 Å². The van der Waals surface area contributed by atoms with E-state index in [0.29, 0.717) is 66.7 Å². The van der Waals surface area contributed by atoms with Gasteiger partial charge in [0.2, 0.25) is 0 Å². The van der Waals surface area contributed by atoms with Gasteiger partial charge < -0.3 is 24.4 Å². The third-order valence-electron chi connectivity index (χ3n) is 13.3. The van der Waals surface area contributed by atoms with Crippen LogP contribution in [-0.4, -0.2) is 124 Å². The Labute approximate surface area is 394 Å². The number of rotatable bonds is 12. The third-order valence-corrected chi connectivity index (χ3v) is 16.7. The number of morpholine rings is 1. The van der Waals surface area contributed by atoms with E-state index in [1.807, 2.05) is 36.4 Å². The molecule has 19 heteroatoms. The molecule has 2 saturated heterocycles. The summed E-state index contributed by atoms with van der Waals surface area (Å²) in [6, 6.07) is 21.6. The van der Waals surface area contributed by atoms with Crippen LogP contribution in [0.1, 0.15) is 51.5 Å². The van der Waals surface area contributed by atoms with Gasteiger partial charge in [0, 0.05) is 92.7 Å². The number of hydrogen-bond acceptors (Lipinski definition) is 12. The number of fused-ring (bicyclic) bond motifs is 1. The van der Waals surface area contributed by atoms with Gasteiger partial charge in [-0.1, -0.05) is 29.8 Å². The van der Waals surface area contributed by atoms with Crippen molar-refractivity contribution < 1.29 is 44.2 Å². The van der Waals surface area contributed by atoms with E-state index in [2.05, 4.69) is 51.0 Å². The van der Waals surface area contributed by atoms with Gasteiger partial charge in [-0.15, -0.1) is 0 Å². The molecule has 0 spiro atoms. The number of sulfone groups is 1. The minimum Gasteiger partial charge on any atom is -0.456 e. The van der Waals surface area contributed by atoms with Gasteiger partial charge in [0.05, 0.1) is 42.2 Å². The average Bonchev–Trinajstić information content (AvgIpc) is 3.75. The number of aromatic nitrogens is 2. The maximum Gasteiger partial charge on any atom is 0.501 e. The minimum atomic E-state index is -5.95. The molecule has 1 saturated carbocycles. The number of nitrogens with zero attached hydrogens (tertiary/aromatic N) is 5. The van der Waals surface area contributed by atoms with E-state index >= 15 is 0 Å². The fraction of sp³-hybridized carbons (Fsp3) is 0.438. The van der Waals surface area contributed by atoms with E-state index in [9.17, 15) is 30.0 Å². The predicted octanol–water partition coefficient (Wildman–Crippen LogP) is 8.84. The SMILES string of the molecule is CC1(C)CC(c2ccc(Cl)cc2)=C(CN2CCN(c3cccc(Oc4cnc5c(ccn5S(=O)(=O)c5ccc(NC6CCC(N7CCOCC7)CC6)c(S(=O)(=O)C(F)(F)F)c5)c4)c3)CC2)CO1. The highest BCUT2D eigenvalue weighted by Gasteiger charge is 2.48. The summed E-state index contributed by atoms with van der Waals surface area (Å²) in [5, 5.41) is 4.09. The summed E-state index contributed by atoms with van der Waals surface area (Å²) in [5.74, 6) is 0.880. The van der Waals surface area contributed by atoms with Crippen LogP contribution in [0.25, 0.3) is 16.6 Å². The fourth-order valence-corrected chi connectivity index (χ4v) is 12.1. The molecule has 0 bridgehead atoms. The number of pyridine rings is 1. The Balaban J connectivity index is 0.869. The molecule has 3 aliphatic heterocycles. The number of anilines is 2. The lowest BCUT2D eigenvalue weighted by Gasteiger charge is -2.39. The minimum absolute atomic E-state index is 0.0158. The first kappa shape index (κ1) is 47.4. The van der Waals surface area contributed by atoms with Gasteiger partial charge in [0.25, 0.3) is 19.9 Å². The zero-order valence-corrected chi connectivity index (χ0v) is 39.7. The molecule has 13 nitrogen and oxygen atoms in total. The molecule has 2 aromatic heterocycles. The smallest absolute Gasteiger partial charge is 0.456 e. The van der Waals surface area contributed by atoms with Crippen LogP contribution in [0.4, 0.5) is 24.5 Å². The Hall–Kier alpha value is -4.69. The summed E-state index contributed by atoms with van der Waals surface area (Å²) in [6.07, 6.45) is 6.17. The van der Waals surface area contributed by atoms with Crippen molar-refractivity contribution in [3.05, 3.63) is 107 Å². The number of hydrogen-bond donors (Lipinski definition) is 1. The Kier molecular flexibility index (Phi) is 13.4. The molecule has 0 amide bonds. The van der Waals surface area contributed by atoms with Crippen LogP contribution in [-0.2, 0) is 29.3 Å². The van der Waals surface area contributed by atoms with Crippen LogP contribution >= 0.6 is 11.6 Å². The Bertz CT molecular complexity index is 2850. The number of halogens is 4. The summed E-state index contributed by atoms with van der Waals surface area (Å²) in [6.45, 7) is 11.8. The molecule has 5 heterocycles. The maximum atomic E-state index is 14.1. The Morgan fingerprint density at radius 1 is 0.866 bits per heavy atom. The molecule has 67 heavy (non-hydrogen) atoms. The first-order valence-electron chi connectivity index (χ1n) is 22.6. The molecule has 5 aromatic rings. The topological polar surface area (TPSA) is 136 Å². The molecule has 3 fully saturated rings. The first-order valence-corrected chi connectivity index (χ1v) is 25.9. The quantitative estimate of drug-likeness (QED) is 0.128. The van der Waals surface area contributed by atoms with Gasteiger partial charge in [-0.2, -0.15) is 13.2 Å². The van der Waals surface area contributed by atoms with E-state index in [1.54, 1.807) is 6.07 Å². The van der Waals surface area contributed by atoms with E-state index in [0.717, 1.165) is 86.9 Å². The van der Waals surface area contributed by atoms with Crippen LogP contribution in [0.5, 0.6) is 11.5 Å². The lowest BCUT2D eigenvalue weighted by atomic mass is 9.87. The normalized spacial score (nSPS) is 21.4. The summed E-state index contributed by atoms with van der Waals surface area (Å²) >= 11 is 6.20. The largest absolute Gasteiger partial charge is 0.501 e. The number of ether oxygens (including phenoxy) is 3. The molecule has 4 aliphatic rings. The van der Waals surface area contributed by atoms with Crippen molar-refractivity contribution in [2.45, 2.75) is 78.9 Å². The van der Waals surface area contributed by atoms with Gasteiger partial charge in [0.1, 0.15) is 16.4 Å². The van der Waals surface area contributed by atoms with E-state index in [1.165, 1.54) is 35.2 Å².